The van der Waals surface area contributed by atoms with E-state index < -0.39 is 10.8 Å². The lowest BCUT2D eigenvalue weighted by Crippen LogP contribution is -2.28. The van der Waals surface area contributed by atoms with Gasteiger partial charge in [-0.2, -0.15) is 0 Å². The van der Waals surface area contributed by atoms with E-state index in [1.54, 1.807) is 36.4 Å². The number of methoxy groups -OCH3 is 1. The zero-order chi connectivity index (χ0) is 19.6. The molecule has 27 heavy (non-hydrogen) atoms. The van der Waals surface area contributed by atoms with Crippen molar-refractivity contribution in [1.82, 2.24) is 5.32 Å². The van der Waals surface area contributed by atoms with Gasteiger partial charge in [0.15, 0.2) is 0 Å². The number of hydrogen-bond donors (Lipinski definition) is 2. The fraction of sp³-hybridized carbons (Fsp3) is 0.158. The van der Waals surface area contributed by atoms with Crippen molar-refractivity contribution in [3.8, 4) is 0 Å². The second kappa shape index (κ2) is 9.83. The Bertz CT molecular complexity index is 847. The van der Waals surface area contributed by atoms with Gasteiger partial charge in [0, 0.05) is 31.9 Å². The molecule has 0 saturated heterocycles. The van der Waals surface area contributed by atoms with Crippen LogP contribution in [0.15, 0.2) is 54.6 Å². The van der Waals surface area contributed by atoms with E-state index in [1.165, 1.54) is 31.4 Å². The average Bonchev–Trinajstić information content (AvgIpc) is 2.67. The number of para-hydroxylation sites is 1. The number of anilines is 1. The van der Waals surface area contributed by atoms with Crippen LogP contribution >= 0.6 is 0 Å². The number of benzene rings is 2. The summed E-state index contributed by atoms with van der Waals surface area (Å²) in [7, 11) is 1.54. The van der Waals surface area contributed by atoms with Gasteiger partial charge in [-0.25, -0.2) is 0 Å². The molecule has 0 fully saturated rings. The van der Waals surface area contributed by atoms with Crippen molar-refractivity contribution in [2.75, 3.05) is 25.6 Å². The van der Waals surface area contributed by atoms with Gasteiger partial charge in [0.25, 0.3) is 11.6 Å². The SMILES string of the molecule is COCCNC(=O)c1ccccc1NC(=O)/C=C/c1ccc([N+](=O)[O-])cc1. The topological polar surface area (TPSA) is 111 Å². The van der Waals surface area contributed by atoms with Crippen molar-refractivity contribution in [2.24, 2.45) is 0 Å². The zero-order valence-corrected chi connectivity index (χ0v) is 14.7. The number of carbonyl (C=O) groups is 2. The van der Waals surface area contributed by atoms with E-state index in [2.05, 4.69) is 10.6 Å². The number of nitrogens with one attached hydrogen (secondary N) is 2. The molecule has 0 aliphatic rings. The molecule has 8 nitrogen and oxygen atoms in total. The largest absolute Gasteiger partial charge is 0.383 e. The van der Waals surface area contributed by atoms with E-state index in [4.69, 9.17) is 4.74 Å². The fourth-order valence-corrected chi connectivity index (χ4v) is 2.21. The molecule has 0 atom stereocenters. The monoisotopic (exact) mass is 369 g/mol. The Labute approximate surface area is 156 Å². The lowest BCUT2D eigenvalue weighted by atomic mass is 10.1. The molecule has 0 aliphatic carbocycles. The van der Waals surface area contributed by atoms with Crippen LogP contribution in [0, 0.1) is 10.1 Å². The fourth-order valence-electron chi connectivity index (χ4n) is 2.21. The summed E-state index contributed by atoms with van der Waals surface area (Å²) in [5.74, 6) is -0.743. The Morgan fingerprint density at radius 1 is 1.15 bits per heavy atom. The van der Waals surface area contributed by atoms with Gasteiger partial charge in [0.05, 0.1) is 22.8 Å². The molecule has 0 unspecified atom stereocenters. The van der Waals surface area contributed by atoms with Crippen molar-refractivity contribution in [3.05, 3.63) is 75.8 Å². The normalized spacial score (nSPS) is 10.6. The van der Waals surface area contributed by atoms with Crippen LogP contribution in [-0.2, 0) is 9.53 Å². The summed E-state index contributed by atoms with van der Waals surface area (Å²) in [6.07, 6.45) is 2.82. The van der Waals surface area contributed by atoms with E-state index >= 15 is 0 Å². The Hall–Kier alpha value is -3.52. The van der Waals surface area contributed by atoms with Crippen LogP contribution in [0.5, 0.6) is 0 Å². The summed E-state index contributed by atoms with van der Waals surface area (Å²) < 4.78 is 4.89. The first-order valence-electron chi connectivity index (χ1n) is 8.11. The summed E-state index contributed by atoms with van der Waals surface area (Å²) in [6.45, 7) is 0.746. The van der Waals surface area contributed by atoms with Gasteiger partial charge in [-0.05, 0) is 35.9 Å². The average molecular weight is 369 g/mol. The van der Waals surface area contributed by atoms with Gasteiger partial charge in [-0.15, -0.1) is 0 Å². The smallest absolute Gasteiger partial charge is 0.269 e. The molecule has 2 amide bonds. The highest BCUT2D eigenvalue weighted by Crippen LogP contribution is 2.16. The third kappa shape index (κ3) is 6.05. The van der Waals surface area contributed by atoms with Gasteiger partial charge in [-0.1, -0.05) is 12.1 Å². The van der Waals surface area contributed by atoms with Gasteiger partial charge < -0.3 is 15.4 Å². The number of non-ortho nitro benzene ring substituents is 1. The van der Waals surface area contributed by atoms with Crippen molar-refractivity contribution in [1.29, 1.82) is 0 Å². The van der Waals surface area contributed by atoms with Gasteiger partial charge >= 0.3 is 0 Å². The maximum atomic E-state index is 12.2. The summed E-state index contributed by atoms with van der Waals surface area (Å²) in [6, 6.07) is 12.4. The van der Waals surface area contributed by atoms with E-state index in [0.29, 0.717) is 30.0 Å². The second-order valence-corrected chi connectivity index (χ2v) is 5.47. The number of ether oxygens (including phenoxy) is 1. The maximum absolute atomic E-state index is 12.2. The summed E-state index contributed by atoms with van der Waals surface area (Å²) in [4.78, 5) is 34.5. The van der Waals surface area contributed by atoms with Crippen LogP contribution in [0.1, 0.15) is 15.9 Å². The molecule has 0 heterocycles. The summed E-state index contributed by atoms with van der Waals surface area (Å²) in [5.41, 5.74) is 1.34. The number of nitro groups is 1. The predicted molar refractivity (Wildman–Crippen MR) is 101 cm³/mol. The highest BCUT2D eigenvalue weighted by Gasteiger charge is 2.11. The summed E-state index contributed by atoms with van der Waals surface area (Å²) >= 11 is 0. The molecule has 0 aliphatic heterocycles. The first kappa shape index (κ1) is 19.8. The number of nitrogens with zero attached hydrogens (tertiary/aromatic N) is 1. The van der Waals surface area contributed by atoms with E-state index in [9.17, 15) is 19.7 Å². The first-order valence-corrected chi connectivity index (χ1v) is 8.11. The van der Waals surface area contributed by atoms with Crippen molar-refractivity contribution in [3.63, 3.8) is 0 Å². The Kier molecular flexibility index (Phi) is 7.21. The van der Waals surface area contributed by atoms with E-state index in [0.717, 1.165) is 0 Å². The molecular weight excluding hydrogens is 350 g/mol. The lowest BCUT2D eigenvalue weighted by molar-refractivity contribution is -0.384. The molecule has 8 heteroatoms. The molecule has 2 aromatic rings. The molecule has 2 N–H and O–H groups in total. The Morgan fingerprint density at radius 3 is 2.52 bits per heavy atom. The van der Waals surface area contributed by atoms with Crippen LogP contribution in [0.25, 0.3) is 6.08 Å². The zero-order valence-electron chi connectivity index (χ0n) is 14.7. The molecule has 0 saturated carbocycles. The minimum absolute atomic E-state index is 0.0231. The highest BCUT2D eigenvalue weighted by atomic mass is 16.6. The van der Waals surface area contributed by atoms with Crippen LogP contribution < -0.4 is 10.6 Å². The quantitative estimate of drug-likeness (QED) is 0.322. The Morgan fingerprint density at radius 2 is 1.85 bits per heavy atom. The number of amides is 2. The number of nitro benzene ring substituents is 1. The number of hydrogen-bond acceptors (Lipinski definition) is 5. The second-order valence-electron chi connectivity index (χ2n) is 5.47. The molecule has 2 aromatic carbocycles. The van der Waals surface area contributed by atoms with Crippen LogP contribution in [0.4, 0.5) is 11.4 Å². The molecule has 0 aromatic heterocycles. The number of carbonyl (C=O) groups excluding carboxylic acids is 2. The van der Waals surface area contributed by atoms with Crippen LogP contribution in [0.2, 0.25) is 0 Å². The highest BCUT2D eigenvalue weighted by molar-refractivity contribution is 6.07. The minimum atomic E-state index is -0.491. The van der Waals surface area contributed by atoms with Gasteiger partial charge in [0.2, 0.25) is 5.91 Å². The molecule has 2 rings (SSSR count). The van der Waals surface area contributed by atoms with Gasteiger partial charge in [0.1, 0.15) is 0 Å². The van der Waals surface area contributed by atoms with Gasteiger partial charge in [-0.3, -0.25) is 19.7 Å². The third-order valence-electron chi connectivity index (χ3n) is 3.55. The predicted octanol–water partition coefficient (Wildman–Crippen LogP) is 2.62. The van der Waals surface area contributed by atoms with E-state index in [-0.39, 0.29) is 11.6 Å². The molecule has 0 spiro atoms. The molecular formula is C19H19N3O5. The van der Waals surface area contributed by atoms with Crippen molar-refractivity contribution < 1.29 is 19.2 Å². The lowest BCUT2D eigenvalue weighted by Gasteiger charge is -2.10. The number of rotatable bonds is 8. The third-order valence-corrected chi connectivity index (χ3v) is 3.55. The molecule has 140 valence electrons. The van der Waals surface area contributed by atoms with E-state index in [1.807, 2.05) is 0 Å². The van der Waals surface area contributed by atoms with Crippen molar-refractivity contribution in [2.45, 2.75) is 0 Å². The standard InChI is InChI=1S/C19H19N3O5/c1-27-13-12-20-19(24)16-4-2-3-5-17(16)21-18(23)11-8-14-6-9-15(10-7-14)22(25)26/h2-11H,12-13H2,1H3,(H,20,24)(H,21,23)/b11-8+. The first-order chi connectivity index (χ1) is 13.0. The maximum Gasteiger partial charge on any atom is 0.269 e. The van der Waals surface area contributed by atoms with Crippen LogP contribution in [-0.4, -0.2) is 37.0 Å². The molecule has 0 bridgehead atoms. The van der Waals surface area contributed by atoms with Crippen LogP contribution in [0.3, 0.4) is 0 Å². The minimum Gasteiger partial charge on any atom is -0.383 e. The summed E-state index contributed by atoms with van der Waals surface area (Å²) in [5, 5.41) is 16.0. The molecule has 0 radical (unpaired) electrons. The Balaban J connectivity index is 2.03. The van der Waals surface area contributed by atoms with Crippen molar-refractivity contribution >= 4 is 29.3 Å².